The number of hydrogen-bond donors (Lipinski definition) is 4. The zero-order valence-electron chi connectivity index (χ0n) is 18.3. The normalized spacial score (nSPS) is 12.6. The molecule has 11 heteroatoms. The summed E-state index contributed by atoms with van der Waals surface area (Å²) in [7, 11) is -4.16. The quantitative estimate of drug-likeness (QED) is 0.201. The van der Waals surface area contributed by atoms with Gasteiger partial charge in [0.2, 0.25) is 5.95 Å². The Labute approximate surface area is 196 Å². The second kappa shape index (κ2) is 10.2. The fourth-order valence-corrected chi connectivity index (χ4v) is 4.48. The van der Waals surface area contributed by atoms with Crippen molar-refractivity contribution in [2.75, 3.05) is 24.4 Å². The zero-order valence-corrected chi connectivity index (χ0v) is 19.1. The summed E-state index contributed by atoms with van der Waals surface area (Å²) in [5.41, 5.74) is 2.53. The molecule has 34 heavy (non-hydrogen) atoms. The summed E-state index contributed by atoms with van der Waals surface area (Å²) >= 11 is 0. The molecule has 0 radical (unpaired) electrons. The van der Waals surface area contributed by atoms with Gasteiger partial charge in [-0.2, -0.15) is 9.49 Å². The van der Waals surface area contributed by atoms with Crippen LogP contribution in [-0.2, 0) is 10.0 Å². The summed E-state index contributed by atoms with van der Waals surface area (Å²) in [6, 6.07) is 14.4. The molecule has 0 aliphatic heterocycles. The van der Waals surface area contributed by atoms with E-state index in [1.54, 1.807) is 12.1 Å². The molecule has 178 valence electrons. The van der Waals surface area contributed by atoms with Crippen LogP contribution < -0.4 is 14.8 Å². The summed E-state index contributed by atoms with van der Waals surface area (Å²) in [5, 5.41) is 21.8. The van der Waals surface area contributed by atoms with Gasteiger partial charge < -0.3 is 15.2 Å². The van der Waals surface area contributed by atoms with Crippen LogP contribution in [0.5, 0.6) is 5.75 Å². The van der Waals surface area contributed by atoms with Crippen LogP contribution in [0.25, 0.3) is 10.9 Å². The number of rotatable bonds is 10. The number of aliphatic hydroxyl groups excluding tert-OH is 1. The molecule has 4 aromatic rings. The Morgan fingerprint density at radius 1 is 1.18 bits per heavy atom. The zero-order chi connectivity index (χ0) is 24.1. The highest BCUT2D eigenvalue weighted by Gasteiger charge is 2.20. The number of fused-ring (bicyclic) bond motifs is 1. The molecular formula is C23H24FN5O4S. The van der Waals surface area contributed by atoms with Crippen molar-refractivity contribution in [1.82, 2.24) is 20.5 Å². The van der Waals surface area contributed by atoms with Crippen LogP contribution in [0, 0.1) is 12.9 Å². The van der Waals surface area contributed by atoms with Gasteiger partial charge >= 0.3 is 0 Å². The summed E-state index contributed by atoms with van der Waals surface area (Å²) in [6.45, 7) is 3.06. The maximum Gasteiger partial charge on any atom is 0.266 e. The number of benzene rings is 2. The van der Waals surface area contributed by atoms with Gasteiger partial charge in [0.25, 0.3) is 10.0 Å². The monoisotopic (exact) mass is 485 g/mol. The number of pyridine rings is 1. The maximum absolute atomic E-state index is 13.8. The highest BCUT2D eigenvalue weighted by atomic mass is 32.2. The van der Waals surface area contributed by atoms with E-state index < -0.39 is 27.0 Å². The van der Waals surface area contributed by atoms with Gasteiger partial charge in [0.05, 0.1) is 11.6 Å². The van der Waals surface area contributed by atoms with Crippen LogP contribution >= 0.6 is 0 Å². The minimum atomic E-state index is -4.16. The molecule has 2 aromatic carbocycles. The lowest BCUT2D eigenvalue weighted by molar-refractivity contribution is 0.172. The first-order valence-corrected chi connectivity index (χ1v) is 12.0. The number of anilines is 1. The summed E-state index contributed by atoms with van der Waals surface area (Å²) in [4.78, 5) is 2.81. The van der Waals surface area contributed by atoms with E-state index >= 15 is 0 Å². The third kappa shape index (κ3) is 5.50. The number of nitrogens with one attached hydrogen (secondary N) is 3. The predicted molar refractivity (Wildman–Crippen MR) is 126 cm³/mol. The Morgan fingerprint density at radius 3 is 2.85 bits per heavy atom. The van der Waals surface area contributed by atoms with Gasteiger partial charge in [0.1, 0.15) is 17.3 Å². The minimum absolute atomic E-state index is 0.201. The number of sulfonamides is 1. The van der Waals surface area contributed by atoms with Crippen molar-refractivity contribution in [3.8, 4) is 5.75 Å². The van der Waals surface area contributed by atoms with E-state index in [-0.39, 0.29) is 12.2 Å². The van der Waals surface area contributed by atoms with Crippen LogP contribution in [0.1, 0.15) is 17.4 Å². The average molecular weight is 486 g/mol. The Hall–Kier alpha value is -3.54. The van der Waals surface area contributed by atoms with Crippen LogP contribution in [0.2, 0.25) is 0 Å². The molecule has 0 aliphatic carbocycles. The largest absolute Gasteiger partial charge is 0.492 e. The number of hydrogen-bond acceptors (Lipinski definition) is 7. The standard InChI is InChI=1S/C23H24FN5O4S/c1-15-19-8-7-18(13-20(19)28-27-15)33-11-10-25-14-21(30)16-4-2-5-17(12-16)29-34(31,32)22-6-3-9-26-23(22)24/h2-9,12-13,21,25,29-30H,10-11,14H2,1H3,(H,27,28). The highest BCUT2D eigenvalue weighted by molar-refractivity contribution is 7.92. The van der Waals surface area contributed by atoms with E-state index in [1.807, 2.05) is 25.1 Å². The number of aromatic amines is 1. The van der Waals surface area contributed by atoms with Crippen LogP contribution in [0.3, 0.4) is 0 Å². The molecule has 9 nitrogen and oxygen atoms in total. The van der Waals surface area contributed by atoms with E-state index in [0.717, 1.165) is 22.7 Å². The Bertz CT molecular complexity index is 1390. The van der Waals surface area contributed by atoms with Crippen molar-refractivity contribution in [3.63, 3.8) is 0 Å². The lowest BCUT2D eigenvalue weighted by Gasteiger charge is -2.15. The third-order valence-electron chi connectivity index (χ3n) is 5.14. The number of aryl methyl sites for hydroxylation is 1. The van der Waals surface area contributed by atoms with Crippen molar-refractivity contribution in [2.24, 2.45) is 0 Å². The number of H-pyrrole nitrogens is 1. The predicted octanol–water partition coefficient (Wildman–Crippen LogP) is 2.91. The first-order valence-electron chi connectivity index (χ1n) is 10.5. The Kier molecular flexibility index (Phi) is 7.06. The van der Waals surface area contributed by atoms with Crippen molar-refractivity contribution in [2.45, 2.75) is 17.9 Å². The fourth-order valence-electron chi connectivity index (χ4n) is 3.40. The molecule has 4 rings (SSSR count). The van der Waals surface area contributed by atoms with E-state index in [4.69, 9.17) is 4.74 Å². The topological polar surface area (TPSA) is 129 Å². The van der Waals surface area contributed by atoms with E-state index in [1.165, 1.54) is 24.4 Å². The number of halogens is 1. The number of aromatic nitrogens is 3. The first kappa shape index (κ1) is 23.6. The maximum atomic E-state index is 13.8. The van der Waals surface area contributed by atoms with Gasteiger partial charge in [-0.1, -0.05) is 12.1 Å². The van der Waals surface area contributed by atoms with Crippen molar-refractivity contribution >= 4 is 26.6 Å². The molecule has 0 saturated heterocycles. The molecule has 4 N–H and O–H groups in total. The lowest BCUT2D eigenvalue weighted by Crippen LogP contribution is -2.26. The van der Waals surface area contributed by atoms with Crippen molar-refractivity contribution < 1.29 is 22.7 Å². The van der Waals surface area contributed by atoms with Crippen LogP contribution in [0.15, 0.2) is 65.7 Å². The molecule has 0 saturated carbocycles. The SMILES string of the molecule is Cc1[nH]nc2cc(OCCNCC(O)c3cccc(NS(=O)(=O)c4cccnc4F)c3)ccc12. The molecule has 0 aliphatic rings. The highest BCUT2D eigenvalue weighted by Crippen LogP contribution is 2.22. The van der Waals surface area contributed by atoms with E-state index in [9.17, 15) is 17.9 Å². The van der Waals surface area contributed by atoms with Crippen LogP contribution in [0.4, 0.5) is 10.1 Å². The van der Waals surface area contributed by atoms with E-state index in [0.29, 0.717) is 24.5 Å². The van der Waals surface area contributed by atoms with Crippen LogP contribution in [-0.4, -0.2) is 48.4 Å². The molecule has 2 aromatic heterocycles. The van der Waals surface area contributed by atoms with Gasteiger partial charge in [-0.05, 0) is 48.9 Å². The Morgan fingerprint density at radius 2 is 2.03 bits per heavy atom. The molecule has 2 heterocycles. The Balaban J connectivity index is 1.28. The van der Waals surface area contributed by atoms with E-state index in [2.05, 4.69) is 25.2 Å². The summed E-state index contributed by atoms with van der Waals surface area (Å²) < 4.78 is 46.7. The lowest BCUT2D eigenvalue weighted by atomic mass is 10.1. The smallest absolute Gasteiger partial charge is 0.266 e. The van der Waals surface area contributed by atoms with Crippen molar-refractivity contribution in [3.05, 3.63) is 78.0 Å². The van der Waals surface area contributed by atoms with Crippen molar-refractivity contribution in [1.29, 1.82) is 0 Å². The molecule has 0 amide bonds. The van der Waals surface area contributed by atoms with Gasteiger partial charge in [-0.3, -0.25) is 9.82 Å². The minimum Gasteiger partial charge on any atom is -0.492 e. The average Bonchev–Trinajstić information content (AvgIpc) is 3.19. The summed E-state index contributed by atoms with van der Waals surface area (Å²) in [6.07, 6.45) is 0.282. The number of nitrogens with zero attached hydrogens (tertiary/aromatic N) is 2. The van der Waals surface area contributed by atoms with Gasteiger partial charge in [-0.15, -0.1) is 0 Å². The molecule has 0 fully saturated rings. The third-order valence-corrected chi connectivity index (χ3v) is 6.53. The molecule has 1 atom stereocenters. The second-order valence-electron chi connectivity index (χ2n) is 7.62. The first-order chi connectivity index (χ1) is 16.3. The molecule has 0 bridgehead atoms. The molecular weight excluding hydrogens is 461 g/mol. The van der Waals surface area contributed by atoms with Gasteiger partial charge in [0.15, 0.2) is 0 Å². The molecule has 1 unspecified atom stereocenters. The second-order valence-corrected chi connectivity index (χ2v) is 9.27. The van der Waals surface area contributed by atoms with Gasteiger partial charge in [-0.25, -0.2) is 13.4 Å². The fraction of sp³-hybridized carbons (Fsp3) is 0.217. The van der Waals surface area contributed by atoms with Gasteiger partial charge in [0, 0.05) is 42.1 Å². The number of aliphatic hydroxyl groups is 1. The molecule has 0 spiro atoms. The number of ether oxygens (including phenoxy) is 1. The summed E-state index contributed by atoms with van der Waals surface area (Å²) in [5.74, 6) is -0.386.